The minimum absolute atomic E-state index is 0.731. The van der Waals surface area contributed by atoms with Gasteiger partial charge >= 0.3 is 0 Å². The van der Waals surface area contributed by atoms with E-state index in [0.29, 0.717) is 0 Å². The third-order valence-corrected chi connectivity index (χ3v) is 4.30. The molecule has 1 N–H and O–H groups in total. The fraction of sp³-hybridized carbons (Fsp3) is 0.235. The Morgan fingerprint density at radius 3 is 2.83 bits per heavy atom. The van der Waals surface area contributed by atoms with E-state index in [0.717, 1.165) is 46.6 Å². The van der Waals surface area contributed by atoms with E-state index in [9.17, 15) is 0 Å². The van der Waals surface area contributed by atoms with Crippen LogP contribution in [0.25, 0.3) is 11.4 Å². The zero-order valence-corrected chi connectivity index (χ0v) is 13.7. The van der Waals surface area contributed by atoms with Crippen molar-refractivity contribution in [2.24, 2.45) is 0 Å². The van der Waals surface area contributed by atoms with E-state index in [2.05, 4.69) is 26.2 Å². The molecule has 0 atom stereocenters. The zero-order chi connectivity index (χ0) is 15.9. The van der Waals surface area contributed by atoms with Crippen molar-refractivity contribution in [1.29, 1.82) is 0 Å². The van der Waals surface area contributed by atoms with E-state index >= 15 is 0 Å². The van der Waals surface area contributed by atoms with Crippen molar-refractivity contribution in [2.45, 2.75) is 18.0 Å². The van der Waals surface area contributed by atoms with Gasteiger partial charge in [0, 0.05) is 17.6 Å². The number of rotatable bonds is 7. The van der Waals surface area contributed by atoms with Gasteiger partial charge in [-0.25, -0.2) is 4.98 Å². The van der Waals surface area contributed by atoms with E-state index in [1.807, 2.05) is 42.6 Å². The fourth-order valence-electron chi connectivity index (χ4n) is 2.23. The summed E-state index contributed by atoms with van der Waals surface area (Å²) in [6.45, 7) is 0. The number of aromatic nitrogens is 4. The molecule has 6 heteroatoms. The summed E-state index contributed by atoms with van der Waals surface area (Å²) in [6, 6.07) is 13.8. The first-order valence-corrected chi connectivity index (χ1v) is 8.44. The molecule has 23 heavy (non-hydrogen) atoms. The Balaban J connectivity index is 1.55. The molecule has 0 fully saturated rings. The van der Waals surface area contributed by atoms with Crippen molar-refractivity contribution in [2.75, 3.05) is 12.9 Å². The first kappa shape index (κ1) is 15.6. The highest BCUT2D eigenvalue weighted by Gasteiger charge is 2.10. The maximum atomic E-state index is 5.36. The molecule has 1 aromatic carbocycles. The Labute approximate surface area is 139 Å². The van der Waals surface area contributed by atoms with E-state index in [1.165, 1.54) is 0 Å². The summed E-state index contributed by atoms with van der Waals surface area (Å²) < 4.78 is 5.36. The lowest BCUT2D eigenvalue weighted by Crippen LogP contribution is -1.91. The molecule has 0 radical (unpaired) electrons. The highest BCUT2D eigenvalue weighted by atomic mass is 32.2. The predicted octanol–water partition coefficient (Wildman–Crippen LogP) is 3.60. The number of thioether (sulfide) groups is 1. The SMILES string of the molecule is COc1ccccc1-c1nc(SCCCc2ccccn2)n[nH]1. The number of aromatic amines is 1. The van der Waals surface area contributed by atoms with Crippen molar-refractivity contribution >= 4 is 11.8 Å². The number of aryl methyl sites for hydroxylation is 1. The topological polar surface area (TPSA) is 63.7 Å². The number of benzene rings is 1. The third kappa shape index (κ3) is 4.10. The van der Waals surface area contributed by atoms with Crippen LogP contribution in [0.15, 0.2) is 53.8 Å². The second-order valence-electron chi connectivity index (χ2n) is 4.94. The highest BCUT2D eigenvalue weighted by Crippen LogP contribution is 2.28. The maximum Gasteiger partial charge on any atom is 0.208 e. The monoisotopic (exact) mass is 326 g/mol. The van der Waals surface area contributed by atoms with Crippen LogP contribution in [0.1, 0.15) is 12.1 Å². The van der Waals surface area contributed by atoms with E-state index in [4.69, 9.17) is 4.74 Å². The van der Waals surface area contributed by atoms with Gasteiger partial charge in [-0.3, -0.25) is 10.1 Å². The Morgan fingerprint density at radius 2 is 2.00 bits per heavy atom. The van der Waals surface area contributed by atoms with Gasteiger partial charge in [0.25, 0.3) is 0 Å². The molecule has 2 aromatic heterocycles. The Morgan fingerprint density at radius 1 is 1.13 bits per heavy atom. The average Bonchev–Trinajstić information content (AvgIpc) is 3.08. The quantitative estimate of drug-likeness (QED) is 0.531. The van der Waals surface area contributed by atoms with Gasteiger partial charge in [0.05, 0.1) is 12.7 Å². The van der Waals surface area contributed by atoms with Crippen molar-refractivity contribution in [1.82, 2.24) is 20.2 Å². The van der Waals surface area contributed by atoms with Gasteiger partial charge in [-0.2, -0.15) is 0 Å². The van der Waals surface area contributed by atoms with Crippen molar-refractivity contribution in [3.8, 4) is 17.1 Å². The highest BCUT2D eigenvalue weighted by molar-refractivity contribution is 7.99. The second kappa shape index (κ2) is 7.78. The number of nitrogens with zero attached hydrogens (tertiary/aromatic N) is 3. The number of hydrogen-bond donors (Lipinski definition) is 1. The summed E-state index contributed by atoms with van der Waals surface area (Å²) in [5.74, 6) is 2.48. The van der Waals surface area contributed by atoms with E-state index < -0.39 is 0 Å². The molecule has 0 saturated carbocycles. The van der Waals surface area contributed by atoms with Gasteiger partial charge in [-0.05, 0) is 37.1 Å². The normalized spacial score (nSPS) is 10.7. The van der Waals surface area contributed by atoms with Crippen LogP contribution in [0, 0.1) is 0 Å². The molecule has 3 aromatic rings. The second-order valence-corrected chi connectivity index (χ2v) is 6.00. The van der Waals surface area contributed by atoms with Gasteiger partial charge in [-0.1, -0.05) is 30.0 Å². The minimum Gasteiger partial charge on any atom is -0.496 e. The number of ether oxygens (including phenoxy) is 1. The number of pyridine rings is 1. The molecule has 0 bridgehead atoms. The maximum absolute atomic E-state index is 5.36. The van der Waals surface area contributed by atoms with Gasteiger partial charge in [0.1, 0.15) is 5.75 Å². The van der Waals surface area contributed by atoms with E-state index in [1.54, 1.807) is 18.9 Å². The number of H-pyrrole nitrogens is 1. The minimum atomic E-state index is 0.731. The Kier molecular flexibility index (Phi) is 5.26. The molecule has 0 aliphatic rings. The molecular formula is C17H18N4OS. The van der Waals surface area contributed by atoms with Crippen LogP contribution >= 0.6 is 11.8 Å². The number of para-hydroxylation sites is 1. The molecule has 2 heterocycles. The lowest BCUT2D eigenvalue weighted by atomic mass is 10.2. The largest absolute Gasteiger partial charge is 0.496 e. The van der Waals surface area contributed by atoms with Gasteiger partial charge in [0.2, 0.25) is 5.16 Å². The summed E-state index contributed by atoms with van der Waals surface area (Å²) in [5.41, 5.74) is 2.04. The third-order valence-electron chi connectivity index (χ3n) is 3.36. The lowest BCUT2D eigenvalue weighted by Gasteiger charge is -2.04. The molecule has 0 aliphatic carbocycles. The summed E-state index contributed by atoms with van der Waals surface area (Å²) in [5, 5.41) is 8.01. The zero-order valence-electron chi connectivity index (χ0n) is 12.9. The fourth-order valence-corrected chi connectivity index (χ4v) is 2.97. The van der Waals surface area contributed by atoms with Gasteiger partial charge in [-0.15, -0.1) is 5.10 Å². The molecule has 0 unspecified atom stereocenters. The number of nitrogens with one attached hydrogen (secondary N) is 1. The smallest absolute Gasteiger partial charge is 0.208 e. The van der Waals surface area contributed by atoms with Crippen molar-refractivity contribution in [3.05, 3.63) is 54.4 Å². The predicted molar refractivity (Wildman–Crippen MR) is 91.7 cm³/mol. The first-order valence-electron chi connectivity index (χ1n) is 7.45. The molecule has 0 aliphatic heterocycles. The molecule has 0 amide bonds. The van der Waals surface area contributed by atoms with Gasteiger partial charge in [0.15, 0.2) is 5.82 Å². The summed E-state index contributed by atoms with van der Waals surface area (Å²) in [6.07, 6.45) is 3.84. The first-order chi connectivity index (χ1) is 11.4. The molecule has 0 saturated heterocycles. The van der Waals surface area contributed by atoms with Crippen LogP contribution in [0.4, 0.5) is 0 Å². The van der Waals surface area contributed by atoms with Crippen LogP contribution < -0.4 is 4.74 Å². The van der Waals surface area contributed by atoms with Crippen LogP contribution in [0.5, 0.6) is 5.75 Å². The average molecular weight is 326 g/mol. The van der Waals surface area contributed by atoms with Crippen molar-refractivity contribution < 1.29 is 4.74 Å². The Bertz CT molecular complexity index is 745. The van der Waals surface area contributed by atoms with Crippen LogP contribution in [0.2, 0.25) is 0 Å². The standard InChI is InChI=1S/C17H18N4OS/c1-22-15-10-3-2-9-14(15)16-19-17(21-20-16)23-12-6-8-13-7-4-5-11-18-13/h2-5,7,9-11H,6,8,12H2,1H3,(H,19,20,21). The van der Waals surface area contributed by atoms with Crippen molar-refractivity contribution in [3.63, 3.8) is 0 Å². The molecule has 0 spiro atoms. The summed E-state index contributed by atoms with van der Waals surface area (Å²) in [7, 11) is 1.66. The number of methoxy groups -OCH3 is 1. The Hall–Kier alpha value is -2.34. The van der Waals surface area contributed by atoms with E-state index in [-0.39, 0.29) is 0 Å². The molecular weight excluding hydrogens is 308 g/mol. The van der Waals surface area contributed by atoms with Crippen LogP contribution in [-0.4, -0.2) is 33.0 Å². The summed E-state index contributed by atoms with van der Waals surface area (Å²) in [4.78, 5) is 8.86. The van der Waals surface area contributed by atoms with Crippen LogP contribution in [-0.2, 0) is 6.42 Å². The lowest BCUT2D eigenvalue weighted by molar-refractivity contribution is 0.416. The molecule has 5 nitrogen and oxygen atoms in total. The summed E-state index contributed by atoms with van der Waals surface area (Å²) >= 11 is 1.65. The van der Waals surface area contributed by atoms with Crippen LogP contribution in [0.3, 0.4) is 0 Å². The molecule has 118 valence electrons. The molecule has 3 rings (SSSR count). The number of hydrogen-bond acceptors (Lipinski definition) is 5. The van der Waals surface area contributed by atoms with Gasteiger partial charge < -0.3 is 4.74 Å².